The summed E-state index contributed by atoms with van der Waals surface area (Å²) in [6.07, 6.45) is 2.08. The number of anilines is 1. The van der Waals surface area contributed by atoms with Crippen molar-refractivity contribution in [3.63, 3.8) is 0 Å². The van der Waals surface area contributed by atoms with E-state index < -0.39 is 11.5 Å². The maximum Gasteiger partial charge on any atom is 0.363 e. The summed E-state index contributed by atoms with van der Waals surface area (Å²) in [5.41, 5.74) is 2.37. The van der Waals surface area contributed by atoms with Crippen molar-refractivity contribution in [3.8, 4) is 0 Å². The summed E-state index contributed by atoms with van der Waals surface area (Å²) in [4.78, 5) is 25.0. The van der Waals surface area contributed by atoms with Gasteiger partial charge in [0.2, 0.25) is 0 Å². The van der Waals surface area contributed by atoms with E-state index in [4.69, 9.17) is 16.1 Å². The summed E-state index contributed by atoms with van der Waals surface area (Å²) in [7, 11) is 1.68. The second-order valence-electron chi connectivity index (χ2n) is 6.04. The van der Waals surface area contributed by atoms with Gasteiger partial charge in [-0.2, -0.15) is 4.74 Å². The van der Waals surface area contributed by atoms with Gasteiger partial charge in [0.1, 0.15) is 0 Å². The van der Waals surface area contributed by atoms with Crippen LogP contribution in [0.5, 0.6) is 0 Å². The Hall–Kier alpha value is -1.79. The molecule has 124 valence electrons. The standard InChI is InChI=1S/C17H14BrClN2O3/c1-21-16-15(17(23)24-21)13(8-5-6-9(18)10(19)7-8)14-11(20-16)3-2-4-12(14)22/h5-7,13,20H,2-4H2,1H3. The zero-order chi connectivity index (χ0) is 17.0. The molecule has 1 N–H and O–H groups in total. The summed E-state index contributed by atoms with van der Waals surface area (Å²) in [6.45, 7) is 0. The van der Waals surface area contributed by atoms with Gasteiger partial charge in [-0.05, 0) is 46.5 Å². The van der Waals surface area contributed by atoms with Gasteiger partial charge in [0.05, 0.1) is 16.5 Å². The maximum atomic E-state index is 12.6. The smallest absolute Gasteiger partial charge is 0.342 e. The number of fused-ring (bicyclic) bond motifs is 1. The topological polar surface area (TPSA) is 64.2 Å². The molecule has 1 aliphatic heterocycles. The number of benzene rings is 1. The predicted molar refractivity (Wildman–Crippen MR) is 94.5 cm³/mol. The van der Waals surface area contributed by atoms with Gasteiger partial charge in [-0.3, -0.25) is 4.79 Å². The molecule has 0 saturated heterocycles. The highest BCUT2D eigenvalue weighted by molar-refractivity contribution is 9.10. The molecule has 2 heterocycles. The summed E-state index contributed by atoms with van der Waals surface area (Å²) in [5, 5.41) is 3.77. The highest BCUT2D eigenvalue weighted by Crippen LogP contribution is 2.44. The van der Waals surface area contributed by atoms with Crippen LogP contribution in [0.25, 0.3) is 0 Å². The van der Waals surface area contributed by atoms with E-state index >= 15 is 0 Å². The van der Waals surface area contributed by atoms with Crippen LogP contribution in [0.4, 0.5) is 5.82 Å². The van der Waals surface area contributed by atoms with E-state index in [1.165, 1.54) is 4.74 Å². The molecule has 0 spiro atoms. The first-order chi connectivity index (χ1) is 11.5. The quantitative estimate of drug-likeness (QED) is 0.774. The number of aromatic nitrogens is 1. The molecule has 4 rings (SSSR count). The lowest BCUT2D eigenvalue weighted by Crippen LogP contribution is -2.29. The zero-order valence-electron chi connectivity index (χ0n) is 12.9. The number of nitrogens with zero attached hydrogens (tertiary/aromatic N) is 1. The number of carbonyl (C=O) groups is 1. The third-order valence-corrected chi connectivity index (χ3v) is 5.82. The number of hydrogen-bond donors (Lipinski definition) is 1. The van der Waals surface area contributed by atoms with Crippen molar-refractivity contribution in [2.75, 3.05) is 5.32 Å². The maximum absolute atomic E-state index is 12.6. The monoisotopic (exact) mass is 408 g/mol. The van der Waals surface area contributed by atoms with Crippen LogP contribution in [-0.4, -0.2) is 10.5 Å². The van der Waals surface area contributed by atoms with Crippen molar-refractivity contribution in [1.29, 1.82) is 0 Å². The molecular formula is C17H14BrClN2O3. The number of hydrogen-bond acceptors (Lipinski definition) is 4. The van der Waals surface area contributed by atoms with Gasteiger partial charge in [0.25, 0.3) is 0 Å². The van der Waals surface area contributed by atoms with Gasteiger partial charge in [0.15, 0.2) is 11.6 Å². The van der Waals surface area contributed by atoms with Gasteiger partial charge in [0, 0.05) is 29.2 Å². The number of carbonyl (C=O) groups excluding carboxylic acids is 1. The first-order valence-corrected chi connectivity index (χ1v) is 8.83. The fourth-order valence-electron chi connectivity index (χ4n) is 3.53. The molecule has 1 aromatic heterocycles. The Morgan fingerprint density at radius 1 is 1.33 bits per heavy atom. The largest absolute Gasteiger partial charge is 0.363 e. The number of nitrogens with one attached hydrogen (secondary N) is 1. The molecule has 1 unspecified atom stereocenters. The Morgan fingerprint density at radius 2 is 2.12 bits per heavy atom. The number of halogens is 2. The van der Waals surface area contributed by atoms with Crippen LogP contribution in [0.3, 0.4) is 0 Å². The number of rotatable bonds is 1. The van der Waals surface area contributed by atoms with Crippen LogP contribution >= 0.6 is 27.5 Å². The number of ketones is 1. The van der Waals surface area contributed by atoms with E-state index in [0.717, 1.165) is 28.6 Å². The van der Waals surface area contributed by atoms with Crippen molar-refractivity contribution in [3.05, 3.63) is 60.5 Å². The number of aryl methyl sites for hydroxylation is 1. The molecule has 0 radical (unpaired) electrons. The first-order valence-electron chi connectivity index (χ1n) is 7.65. The van der Waals surface area contributed by atoms with Crippen LogP contribution in [0.2, 0.25) is 5.02 Å². The Bertz CT molecular complexity index is 957. The Kier molecular flexibility index (Phi) is 3.69. The minimum Gasteiger partial charge on any atom is -0.342 e. The van der Waals surface area contributed by atoms with E-state index in [1.807, 2.05) is 12.1 Å². The van der Waals surface area contributed by atoms with E-state index in [-0.39, 0.29) is 5.78 Å². The third-order valence-electron chi connectivity index (χ3n) is 4.59. The molecular weight excluding hydrogens is 396 g/mol. The second-order valence-corrected chi connectivity index (χ2v) is 7.30. The zero-order valence-corrected chi connectivity index (χ0v) is 15.2. The minimum atomic E-state index is -0.452. The van der Waals surface area contributed by atoms with Gasteiger partial charge in [-0.25, -0.2) is 4.79 Å². The van der Waals surface area contributed by atoms with E-state index in [9.17, 15) is 9.59 Å². The van der Waals surface area contributed by atoms with Crippen molar-refractivity contribution in [1.82, 2.24) is 4.74 Å². The molecule has 0 fully saturated rings. The molecule has 2 aliphatic rings. The van der Waals surface area contributed by atoms with Gasteiger partial charge in [-0.15, -0.1) is 0 Å². The molecule has 24 heavy (non-hydrogen) atoms. The molecule has 0 amide bonds. The summed E-state index contributed by atoms with van der Waals surface area (Å²) < 4.78 is 7.43. The van der Waals surface area contributed by atoms with Crippen LogP contribution < -0.4 is 10.9 Å². The lowest BCUT2D eigenvalue weighted by molar-refractivity contribution is -0.116. The van der Waals surface area contributed by atoms with E-state index in [0.29, 0.717) is 28.4 Å². The molecule has 5 nitrogen and oxygen atoms in total. The minimum absolute atomic E-state index is 0.0710. The van der Waals surface area contributed by atoms with Crippen molar-refractivity contribution in [2.45, 2.75) is 25.2 Å². The molecule has 1 aromatic carbocycles. The molecule has 0 saturated carbocycles. The third kappa shape index (κ3) is 2.28. The average Bonchev–Trinajstić information content (AvgIpc) is 2.83. The highest BCUT2D eigenvalue weighted by atomic mass is 79.9. The predicted octanol–water partition coefficient (Wildman–Crippen LogP) is 3.96. The lowest BCUT2D eigenvalue weighted by Gasteiger charge is -2.31. The molecule has 1 atom stereocenters. The molecule has 0 bridgehead atoms. The van der Waals surface area contributed by atoms with Crippen LogP contribution in [0, 0.1) is 0 Å². The van der Waals surface area contributed by atoms with Crippen molar-refractivity contribution >= 4 is 39.1 Å². The van der Waals surface area contributed by atoms with Gasteiger partial charge in [-0.1, -0.05) is 17.7 Å². The number of allylic oxidation sites excluding steroid dienone is 2. The number of Topliss-reactive ketones (excluding diaryl/α,β-unsaturated/α-hetero) is 1. The first kappa shape index (κ1) is 15.7. The average molecular weight is 410 g/mol. The SMILES string of the molecule is Cn1oc(=O)c2c1NC1=C(C(=O)CCC1)C2c1ccc(Br)c(Cl)c1. The molecule has 7 heteroatoms. The highest BCUT2D eigenvalue weighted by Gasteiger charge is 2.39. The Labute approximate surface area is 151 Å². The van der Waals surface area contributed by atoms with Crippen molar-refractivity contribution in [2.24, 2.45) is 7.05 Å². The summed E-state index contributed by atoms with van der Waals surface area (Å²) in [6, 6.07) is 5.51. The summed E-state index contributed by atoms with van der Waals surface area (Å²) >= 11 is 9.62. The summed E-state index contributed by atoms with van der Waals surface area (Å²) in [5.74, 6) is 0.228. The van der Waals surface area contributed by atoms with Crippen LogP contribution in [-0.2, 0) is 11.8 Å². The van der Waals surface area contributed by atoms with Gasteiger partial charge >= 0.3 is 5.63 Å². The van der Waals surface area contributed by atoms with Crippen LogP contribution in [0.15, 0.2) is 43.3 Å². The molecule has 1 aliphatic carbocycles. The lowest BCUT2D eigenvalue weighted by atomic mass is 9.77. The van der Waals surface area contributed by atoms with Crippen molar-refractivity contribution < 1.29 is 9.32 Å². The Morgan fingerprint density at radius 3 is 2.88 bits per heavy atom. The normalized spacial score (nSPS) is 19.8. The van der Waals surface area contributed by atoms with Crippen LogP contribution in [0.1, 0.15) is 36.3 Å². The van der Waals surface area contributed by atoms with E-state index in [1.54, 1.807) is 13.1 Å². The Balaban J connectivity index is 2.00. The second kappa shape index (κ2) is 5.63. The fraction of sp³-hybridized carbons (Fsp3) is 0.294. The van der Waals surface area contributed by atoms with E-state index in [2.05, 4.69) is 21.2 Å². The fourth-order valence-corrected chi connectivity index (χ4v) is 3.96. The van der Waals surface area contributed by atoms with Gasteiger partial charge < -0.3 is 9.84 Å². The molecule has 2 aromatic rings.